The van der Waals surface area contributed by atoms with Crippen molar-refractivity contribution in [1.29, 1.82) is 0 Å². The third-order valence-electron chi connectivity index (χ3n) is 5.43. The number of ether oxygens (including phenoxy) is 1. The van der Waals surface area contributed by atoms with Crippen LogP contribution in [0.5, 0.6) is 0 Å². The number of hydrogen-bond acceptors (Lipinski definition) is 4. The van der Waals surface area contributed by atoms with Crippen molar-refractivity contribution < 1.29 is 19.1 Å². The molecule has 0 spiro atoms. The predicted molar refractivity (Wildman–Crippen MR) is 112 cm³/mol. The van der Waals surface area contributed by atoms with Crippen LogP contribution in [-0.2, 0) is 22.5 Å². The summed E-state index contributed by atoms with van der Waals surface area (Å²) in [5, 5.41) is 3.62. The summed E-state index contributed by atoms with van der Waals surface area (Å²) in [7, 11) is 1.35. The summed E-state index contributed by atoms with van der Waals surface area (Å²) in [5.41, 5.74) is 4.99. The van der Waals surface area contributed by atoms with Crippen molar-refractivity contribution >= 4 is 28.7 Å². The molecule has 0 bridgehead atoms. The van der Waals surface area contributed by atoms with Gasteiger partial charge in [0.2, 0.25) is 5.91 Å². The monoisotopic (exact) mass is 405 g/mol. The van der Waals surface area contributed by atoms with Gasteiger partial charge in [-0.3, -0.25) is 9.59 Å². The second kappa shape index (κ2) is 8.02. The Morgan fingerprint density at radius 2 is 1.97 bits per heavy atom. The van der Waals surface area contributed by atoms with Gasteiger partial charge in [0.05, 0.1) is 19.2 Å². The third kappa shape index (κ3) is 3.78. The lowest BCUT2D eigenvalue weighted by molar-refractivity contribution is -0.131. The first-order valence-electron chi connectivity index (χ1n) is 9.80. The number of aromatic nitrogens is 1. The molecule has 7 heteroatoms. The van der Waals surface area contributed by atoms with E-state index in [1.807, 2.05) is 25.1 Å². The van der Waals surface area contributed by atoms with Crippen LogP contribution in [0.3, 0.4) is 0 Å². The van der Waals surface area contributed by atoms with Crippen molar-refractivity contribution in [2.45, 2.75) is 19.9 Å². The Balaban J connectivity index is 1.47. The smallest absolute Gasteiger partial charge is 0.337 e. The molecule has 30 heavy (non-hydrogen) atoms. The topological polar surface area (TPSA) is 91.5 Å². The van der Waals surface area contributed by atoms with E-state index in [1.54, 1.807) is 29.2 Å². The molecule has 3 aromatic rings. The number of benzene rings is 2. The number of esters is 1. The molecular weight excluding hydrogens is 382 g/mol. The van der Waals surface area contributed by atoms with Gasteiger partial charge in [-0.1, -0.05) is 17.7 Å². The van der Waals surface area contributed by atoms with Crippen LogP contribution >= 0.6 is 0 Å². The first-order valence-corrected chi connectivity index (χ1v) is 9.80. The number of aryl methyl sites for hydroxylation is 1. The normalized spacial score (nSPS) is 13.1. The Morgan fingerprint density at radius 1 is 1.13 bits per heavy atom. The van der Waals surface area contributed by atoms with Crippen molar-refractivity contribution in [1.82, 2.24) is 15.2 Å². The van der Waals surface area contributed by atoms with Gasteiger partial charge in [-0.25, -0.2) is 4.79 Å². The number of aromatic amines is 1. The van der Waals surface area contributed by atoms with E-state index in [9.17, 15) is 14.4 Å². The maximum Gasteiger partial charge on any atom is 0.337 e. The number of rotatable bonds is 4. The fourth-order valence-electron chi connectivity index (χ4n) is 3.83. The molecule has 2 N–H and O–H groups in total. The minimum Gasteiger partial charge on any atom is -0.465 e. The van der Waals surface area contributed by atoms with Crippen LogP contribution in [-0.4, -0.2) is 47.9 Å². The van der Waals surface area contributed by atoms with Crippen LogP contribution in [0.4, 0.5) is 0 Å². The van der Waals surface area contributed by atoms with Gasteiger partial charge in [0.25, 0.3) is 5.91 Å². The number of carbonyl (C=O) groups is 3. The zero-order valence-corrected chi connectivity index (χ0v) is 17.0. The average Bonchev–Trinajstić information content (AvgIpc) is 3.13. The molecule has 2 amide bonds. The summed E-state index contributed by atoms with van der Waals surface area (Å²) >= 11 is 0. The Morgan fingerprint density at radius 3 is 2.73 bits per heavy atom. The molecule has 0 atom stereocenters. The number of hydrogen-bond donors (Lipinski definition) is 2. The van der Waals surface area contributed by atoms with Crippen molar-refractivity contribution in [3.05, 3.63) is 70.4 Å². The second-order valence-electron chi connectivity index (χ2n) is 7.45. The fourth-order valence-corrected chi connectivity index (χ4v) is 3.83. The quantitative estimate of drug-likeness (QED) is 0.653. The van der Waals surface area contributed by atoms with Gasteiger partial charge < -0.3 is 19.9 Å². The summed E-state index contributed by atoms with van der Waals surface area (Å²) in [6, 6.07) is 12.6. The van der Waals surface area contributed by atoms with E-state index in [0.29, 0.717) is 30.6 Å². The van der Waals surface area contributed by atoms with Crippen LogP contribution in [0.15, 0.2) is 42.5 Å². The molecule has 1 aromatic heterocycles. The van der Waals surface area contributed by atoms with E-state index >= 15 is 0 Å². The molecule has 0 fully saturated rings. The van der Waals surface area contributed by atoms with Gasteiger partial charge in [-0.05, 0) is 37.3 Å². The van der Waals surface area contributed by atoms with Gasteiger partial charge in [-0.15, -0.1) is 0 Å². The predicted octanol–water partition coefficient (Wildman–Crippen LogP) is 2.58. The molecule has 154 valence electrons. The number of H-pyrrole nitrogens is 1. The molecule has 0 unspecified atom stereocenters. The standard InChI is InChI=1S/C23H23N3O4/c1-14-4-3-5-15(10-14)22(28)24-12-21(27)26-9-8-20-18(13-26)17-11-16(23(29)30-2)6-7-19(17)25-20/h3-7,10-11,25H,8-9,12-13H2,1-2H3,(H,24,28). The SMILES string of the molecule is COC(=O)c1ccc2[nH]c3c(c2c1)CN(C(=O)CNC(=O)c1cccc(C)c1)CC3. The van der Waals surface area contributed by atoms with Crippen LogP contribution < -0.4 is 5.32 Å². The highest BCUT2D eigenvalue weighted by Gasteiger charge is 2.25. The number of nitrogens with one attached hydrogen (secondary N) is 2. The minimum absolute atomic E-state index is 0.0577. The maximum atomic E-state index is 12.7. The highest BCUT2D eigenvalue weighted by molar-refractivity contribution is 5.97. The fraction of sp³-hybridized carbons (Fsp3) is 0.261. The molecule has 2 heterocycles. The van der Waals surface area contributed by atoms with E-state index < -0.39 is 5.97 Å². The van der Waals surface area contributed by atoms with Crippen molar-refractivity contribution in [2.24, 2.45) is 0 Å². The van der Waals surface area contributed by atoms with E-state index in [4.69, 9.17) is 4.74 Å². The van der Waals surface area contributed by atoms with Crippen LogP contribution in [0.2, 0.25) is 0 Å². The molecule has 0 saturated carbocycles. The van der Waals surface area contributed by atoms with Crippen LogP contribution in [0.25, 0.3) is 10.9 Å². The van der Waals surface area contributed by atoms with E-state index in [2.05, 4.69) is 10.3 Å². The van der Waals surface area contributed by atoms with Gasteiger partial charge in [-0.2, -0.15) is 0 Å². The largest absolute Gasteiger partial charge is 0.465 e. The van der Waals surface area contributed by atoms with E-state index in [0.717, 1.165) is 27.7 Å². The molecule has 4 rings (SSSR count). The molecule has 0 saturated heterocycles. The number of methoxy groups -OCH3 is 1. The number of fused-ring (bicyclic) bond motifs is 3. The maximum absolute atomic E-state index is 12.7. The minimum atomic E-state index is -0.394. The Hall–Kier alpha value is -3.61. The Kier molecular flexibility index (Phi) is 5.27. The molecule has 0 aliphatic carbocycles. The summed E-state index contributed by atoms with van der Waals surface area (Å²) < 4.78 is 4.81. The van der Waals surface area contributed by atoms with Gasteiger partial charge >= 0.3 is 5.97 Å². The Bertz CT molecular complexity index is 1150. The summed E-state index contributed by atoms with van der Waals surface area (Å²) in [4.78, 5) is 42.0. The highest BCUT2D eigenvalue weighted by Crippen LogP contribution is 2.28. The first-order chi connectivity index (χ1) is 14.5. The lowest BCUT2D eigenvalue weighted by Crippen LogP contribution is -2.42. The zero-order chi connectivity index (χ0) is 21.3. The summed E-state index contributed by atoms with van der Waals surface area (Å²) in [6.45, 7) is 2.86. The van der Waals surface area contributed by atoms with Gasteiger partial charge in [0, 0.05) is 47.2 Å². The van der Waals surface area contributed by atoms with Gasteiger partial charge in [0.15, 0.2) is 0 Å². The molecule has 7 nitrogen and oxygen atoms in total. The molecule has 1 aliphatic heterocycles. The van der Waals surface area contributed by atoms with E-state index in [1.165, 1.54) is 7.11 Å². The molecule has 1 aliphatic rings. The summed E-state index contributed by atoms with van der Waals surface area (Å²) in [5.74, 6) is -0.797. The zero-order valence-electron chi connectivity index (χ0n) is 17.0. The van der Waals surface area contributed by atoms with Crippen molar-refractivity contribution in [3.63, 3.8) is 0 Å². The number of nitrogens with zero attached hydrogens (tertiary/aromatic N) is 1. The van der Waals surface area contributed by atoms with Crippen LogP contribution in [0, 0.1) is 6.92 Å². The molecule has 0 radical (unpaired) electrons. The van der Waals surface area contributed by atoms with Crippen LogP contribution in [0.1, 0.15) is 37.5 Å². The Labute approximate surface area is 174 Å². The average molecular weight is 405 g/mol. The number of amides is 2. The van der Waals surface area contributed by atoms with Crippen molar-refractivity contribution in [3.8, 4) is 0 Å². The number of carbonyl (C=O) groups excluding carboxylic acids is 3. The summed E-state index contributed by atoms with van der Waals surface area (Å²) in [6.07, 6.45) is 0.690. The lowest BCUT2D eigenvalue weighted by atomic mass is 10.0. The molecular formula is C23H23N3O4. The first kappa shape index (κ1) is 19.7. The van der Waals surface area contributed by atoms with E-state index in [-0.39, 0.29) is 18.4 Å². The second-order valence-corrected chi connectivity index (χ2v) is 7.45. The lowest BCUT2D eigenvalue weighted by Gasteiger charge is -2.27. The third-order valence-corrected chi connectivity index (χ3v) is 5.43. The molecule has 2 aromatic carbocycles. The highest BCUT2D eigenvalue weighted by atomic mass is 16.5. The van der Waals surface area contributed by atoms with Crippen molar-refractivity contribution in [2.75, 3.05) is 20.2 Å². The van der Waals surface area contributed by atoms with Gasteiger partial charge in [0.1, 0.15) is 0 Å².